The fourth-order valence-corrected chi connectivity index (χ4v) is 3.86. The second-order valence-electron chi connectivity index (χ2n) is 9.03. The van der Waals surface area contributed by atoms with Crippen LogP contribution in [0, 0.1) is 0 Å². The molecule has 0 fully saturated rings. The third kappa shape index (κ3) is 5.15. The summed E-state index contributed by atoms with van der Waals surface area (Å²) in [5.74, 6) is 0.522. The first-order chi connectivity index (χ1) is 16.3. The number of hydrogen-bond acceptors (Lipinski definition) is 3. The Kier molecular flexibility index (Phi) is 6.73. The molecule has 5 nitrogen and oxygen atoms in total. The Morgan fingerprint density at radius 3 is 2.44 bits per heavy atom. The van der Waals surface area contributed by atoms with Gasteiger partial charge in [-0.1, -0.05) is 64.1 Å². The normalized spacial score (nSPS) is 11.6. The minimum atomic E-state index is -0.197. The Morgan fingerprint density at radius 1 is 0.912 bits per heavy atom. The number of amides is 1. The Morgan fingerprint density at radius 2 is 1.71 bits per heavy atom. The Hall–Kier alpha value is -3.99. The average molecular weight is 452 g/mol. The van der Waals surface area contributed by atoms with Crippen LogP contribution in [0.2, 0.25) is 0 Å². The highest BCUT2D eigenvalue weighted by Crippen LogP contribution is 2.24. The molecule has 0 unspecified atom stereocenters. The lowest BCUT2D eigenvalue weighted by molar-refractivity contribution is 0.102. The van der Waals surface area contributed by atoms with Crippen molar-refractivity contribution in [2.24, 2.45) is 0 Å². The molecule has 172 valence electrons. The lowest BCUT2D eigenvalue weighted by atomic mass is 9.94. The van der Waals surface area contributed by atoms with Crippen LogP contribution in [0.1, 0.15) is 77.2 Å². The Bertz CT molecular complexity index is 1350. The lowest BCUT2D eigenvalue weighted by Crippen LogP contribution is -2.13. The highest BCUT2D eigenvalue weighted by atomic mass is 16.1. The van der Waals surface area contributed by atoms with Crippen LogP contribution < -0.4 is 5.32 Å². The van der Waals surface area contributed by atoms with E-state index in [0.717, 1.165) is 27.8 Å². The molecule has 5 heteroatoms. The fraction of sp³-hybridized carbons (Fsp3) is 0.207. The maximum atomic E-state index is 12.9. The van der Waals surface area contributed by atoms with Gasteiger partial charge in [-0.25, -0.2) is 4.98 Å². The van der Waals surface area contributed by atoms with Crippen LogP contribution in [-0.4, -0.2) is 21.7 Å². The number of carbonyl (C=O) groups is 2. The minimum Gasteiger partial charge on any atom is -0.335 e. The predicted molar refractivity (Wildman–Crippen MR) is 138 cm³/mol. The zero-order chi connectivity index (χ0) is 24.2. The number of nitrogens with one attached hydrogen (secondary N) is 2. The number of aromatic amines is 1. The first-order valence-corrected chi connectivity index (χ1v) is 11.5. The summed E-state index contributed by atoms with van der Waals surface area (Å²) in [4.78, 5) is 33.0. The van der Waals surface area contributed by atoms with Crippen LogP contribution in [0.15, 0.2) is 72.8 Å². The molecule has 0 saturated carbocycles. The van der Waals surface area contributed by atoms with E-state index in [1.54, 1.807) is 12.1 Å². The molecular formula is C29H29N3O2. The first-order valence-electron chi connectivity index (χ1n) is 11.5. The molecule has 4 aromatic rings. The number of anilines is 1. The van der Waals surface area contributed by atoms with Gasteiger partial charge in [0.15, 0.2) is 5.82 Å². The minimum absolute atomic E-state index is 0.156. The largest absolute Gasteiger partial charge is 0.335 e. The molecule has 3 aromatic carbocycles. The Balaban J connectivity index is 1.54. The summed E-state index contributed by atoms with van der Waals surface area (Å²) in [5, 5.41) is 3.00. The molecule has 0 aliphatic heterocycles. The quantitative estimate of drug-likeness (QED) is 0.236. The SMILES string of the molecule is CC(C)c1cccc(NC(=O)c2ccc(C=CC(=O)c3nc4ccccc4[nH]3)c(C(C)C)c2)c1. The molecule has 34 heavy (non-hydrogen) atoms. The van der Waals surface area contributed by atoms with E-state index in [9.17, 15) is 9.59 Å². The molecular weight excluding hydrogens is 422 g/mol. The third-order valence-electron chi connectivity index (χ3n) is 5.82. The van der Waals surface area contributed by atoms with Gasteiger partial charge in [-0.05, 0) is 71.0 Å². The number of fused-ring (bicyclic) bond motifs is 1. The van der Waals surface area contributed by atoms with E-state index in [2.05, 4.69) is 49.0 Å². The zero-order valence-electron chi connectivity index (χ0n) is 19.9. The molecule has 1 heterocycles. The number of allylic oxidation sites excluding steroid dienone is 1. The van der Waals surface area contributed by atoms with E-state index in [1.165, 1.54) is 11.6 Å². The van der Waals surface area contributed by atoms with Crippen molar-refractivity contribution in [1.29, 1.82) is 0 Å². The lowest BCUT2D eigenvalue weighted by Gasteiger charge is -2.13. The summed E-state index contributed by atoms with van der Waals surface area (Å²) in [6, 6.07) is 21.0. The molecule has 1 amide bonds. The molecule has 0 spiro atoms. The predicted octanol–water partition coefficient (Wildman–Crippen LogP) is 6.96. The van der Waals surface area contributed by atoms with Crippen LogP contribution in [0.25, 0.3) is 17.1 Å². The number of para-hydroxylation sites is 2. The summed E-state index contributed by atoms with van der Waals surface area (Å²) in [6.07, 6.45) is 3.31. The van der Waals surface area contributed by atoms with Crippen LogP contribution in [0.4, 0.5) is 5.69 Å². The maximum absolute atomic E-state index is 12.9. The number of rotatable bonds is 7. The number of benzene rings is 3. The second kappa shape index (κ2) is 9.87. The Labute approximate surface area is 199 Å². The highest BCUT2D eigenvalue weighted by molar-refractivity contribution is 6.06. The summed E-state index contributed by atoms with van der Waals surface area (Å²) in [6.45, 7) is 8.39. The molecule has 0 saturated heterocycles. The van der Waals surface area contributed by atoms with Crippen molar-refractivity contribution in [2.45, 2.75) is 39.5 Å². The van der Waals surface area contributed by atoms with Gasteiger partial charge in [0.1, 0.15) is 0 Å². The highest BCUT2D eigenvalue weighted by Gasteiger charge is 2.13. The van der Waals surface area contributed by atoms with Crippen molar-refractivity contribution < 1.29 is 9.59 Å². The van der Waals surface area contributed by atoms with E-state index in [0.29, 0.717) is 17.3 Å². The van der Waals surface area contributed by atoms with E-state index >= 15 is 0 Å². The van der Waals surface area contributed by atoms with Crippen LogP contribution in [0.5, 0.6) is 0 Å². The molecule has 0 atom stereocenters. The zero-order valence-corrected chi connectivity index (χ0v) is 19.9. The van der Waals surface area contributed by atoms with E-state index in [1.807, 2.05) is 54.6 Å². The van der Waals surface area contributed by atoms with Crippen LogP contribution >= 0.6 is 0 Å². The number of carbonyl (C=O) groups excluding carboxylic acids is 2. The van der Waals surface area contributed by atoms with Crippen molar-refractivity contribution in [2.75, 3.05) is 5.32 Å². The van der Waals surface area contributed by atoms with E-state index in [-0.39, 0.29) is 17.6 Å². The topological polar surface area (TPSA) is 74.8 Å². The average Bonchev–Trinajstić information content (AvgIpc) is 3.27. The van der Waals surface area contributed by atoms with Crippen LogP contribution in [-0.2, 0) is 0 Å². The molecule has 4 rings (SSSR count). The van der Waals surface area contributed by atoms with Gasteiger partial charge in [0.25, 0.3) is 5.91 Å². The summed E-state index contributed by atoms with van der Waals surface area (Å²) in [7, 11) is 0. The molecule has 0 aliphatic rings. The summed E-state index contributed by atoms with van der Waals surface area (Å²) < 4.78 is 0. The van der Waals surface area contributed by atoms with Crippen molar-refractivity contribution in [1.82, 2.24) is 9.97 Å². The van der Waals surface area contributed by atoms with Crippen molar-refractivity contribution in [3.63, 3.8) is 0 Å². The smallest absolute Gasteiger partial charge is 0.255 e. The number of ketones is 1. The fourth-order valence-electron chi connectivity index (χ4n) is 3.86. The number of imidazole rings is 1. The van der Waals surface area contributed by atoms with Gasteiger partial charge in [0.05, 0.1) is 11.0 Å². The van der Waals surface area contributed by atoms with Gasteiger partial charge >= 0.3 is 0 Å². The standard InChI is InChI=1S/C29H29N3O2/c1-18(2)21-8-7-9-23(16-21)30-29(34)22-13-12-20(24(17-22)19(3)4)14-15-27(33)28-31-25-10-5-6-11-26(25)32-28/h5-19H,1-4H3,(H,30,34)(H,31,32). The summed E-state index contributed by atoms with van der Waals surface area (Å²) in [5.41, 5.74) is 6.03. The molecule has 0 bridgehead atoms. The monoisotopic (exact) mass is 451 g/mol. The number of aromatic nitrogens is 2. The molecule has 1 aromatic heterocycles. The van der Waals surface area contributed by atoms with Gasteiger partial charge in [0.2, 0.25) is 5.78 Å². The van der Waals surface area contributed by atoms with Crippen molar-refractivity contribution in [3.8, 4) is 0 Å². The van der Waals surface area contributed by atoms with Gasteiger partial charge in [-0.3, -0.25) is 9.59 Å². The van der Waals surface area contributed by atoms with Gasteiger partial charge in [-0.2, -0.15) is 0 Å². The van der Waals surface area contributed by atoms with Crippen LogP contribution in [0.3, 0.4) is 0 Å². The number of nitrogens with zero attached hydrogens (tertiary/aromatic N) is 1. The van der Waals surface area contributed by atoms with Gasteiger partial charge in [-0.15, -0.1) is 0 Å². The third-order valence-corrected chi connectivity index (χ3v) is 5.82. The van der Waals surface area contributed by atoms with E-state index in [4.69, 9.17) is 0 Å². The molecule has 0 radical (unpaired) electrons. The maximum Gasteiger partial charge on any atom is 0.255 e. The number of hydrogen-bond donors (Lipinski definition) is 2. The second-order valence-corrected chi connectivity index (χ2v) is 9.03. The van der Waals surface area contributed by atoms with Crippen molar-refractivity contribution >= 4 is 34.5 Å². The summed E-state index contributed by atoms with van der Waals surface area (Å²) >= 11 is 0. The molecule has 2 N–H and O–H groups in total. The number of H-pyrrole nitrogens is 1. The van der Waals surface area contributed by atoms with Gasteiger partial charge < -0.3 is 10.3 Å². The molecule has 0 aliphatic carbocycles. The van der Waals surface area contributed by atoms with E-state index < -0.39 is 0 Å². The van der Waals surface area contributed by atoms with Crippen molar-refractivity contribution in [3.05, 3.63) is 101 Å². The first kappa shape index (κ1) is 23.2. The van der Waals surface area contributed by atoms with Gasteiger partial charge in [0, 0.05) is 11.3 Å².